The van der Waals surface area contributed by atoms with Gasteiger partial charge in [0.05, 0.1) is 33.5 Å². The Morgan fingerprint density at radius 2 is 1.37 bits per heavy atom. The van der Waals surface area contributed by atoms with E-state index in [2.05, 4.69) is 0 Å². The molecular weight excluding hydrogens is 660 g/mol. The minimum Gasteiger partial charge on any atom is -0.497 e. The van der Waals surface area contributed by atoms with Gasteiger partial charge >= 0.3 is 0 Å². The third-order valence-electron chi connectivity index (χ3n) is 9.36. The average molecular weight is 709 g/mol. The Morgan fingerprint density at radius 3 is 2.04 bits per heavy atom. The maximum Gasteiger partial charge on any atom is 0.190 e. The van der Waals surface area contributed by atoms with Crippen LogP contribution >= 0.6 is 0 Å². The lowest BCUT2D eigenvalue weighted by Crippen LogP contribution is -2.64. The molecule has 4 fully saturated rings. The fourth-order valence-electron chi connectivity index (χ4n) is 6.90. The van der Waals surface area contributed by atoms with Crippen LogP contribution in [0.2, 0.25) is 0 Å². The third-order valence-corrected chi connectivity index (χ3v) is 9.36. The minimum atomic E-state index is -1.50. The Balaban J connectivity index is 1.17. The topological polar surface area (TPSA) is 122 Å². The van der Waals surface area contributed by atoms with Crippen LogP contribution in [0.25, 0.3) is 0 Å². The second-order valence-electron chi connectivity index (χ2n) is 14.1. The van der Waals surface area contributed by atoms with Crippen molar-refractivity contribution in [2.24, 2.45) is 0 Å². The minimum absolute atomic E-state index is 0.191. The molecule has 12 nitrogen and oxygen atoms in total. The summed E-state index contributed by atoms with van der Waals surface area (Å²) in [6, 6.07) is 27.2. The Kier molecular flexibility index (Phi) is 11.1. The van der Waals surface area contributed by atoms with Crippen LogP contribution in [0.5, 0.6) is 5.75 Å². The van der Waals surface area contributed by atoms with E-state index in [0.29, 0.717) is 0 Å². The van der Waals surface area contributed by atoms with E-state index in [1.807, 2.05) is 98.8 Å². The SMILES string of the molecule is COc1ccc(CO[C@@H]2[C@H](OC(O)[C@H]3OC(C)(C)O[C@H]3[C@@H]3COC(C)(C)O3)O[C@@H]3COC(c4ccccc4)O[C@H]3[C@@H]2OCc2ccccc2)cc1. The summed E-state index contributed by atoms with van der Waals surface area (Å²) in [6.07, 6.45) is -8.16. The van der Waals surface area contributed by atoms with E-state index < -0.39 is 73.2 Å². The van der Waals surface area contributed by atoms with Crippen LogP contribution in [0, 0.1) is 0 Å². The van der Waals surface area contributed by atoms with E-state index in [1.165, 1.54) is 0 Å². The monoisotopic (exact) mass is 708 g/mol. The normalized spacial score (nSPS) is 33.4. The second kappa shape index (κ2) is 15.6. The molecule has 51 heavy (non-hydrogen) atoms. The van der Waals surface area contributed by atoms with E-state index in [0.717, 1.165) is 22.4 Å². The number of hydrogen-bond donors (Lipinski definition) is 1. The van der Waals surface area contributed by atoms with Gasteiger partial charge in [-0.1, -0.05) is 72.8 Å². The van der Waals surface area contributed by atoms with E-state index in [4.69, 9.17) is 52.1 Å². The van der Waals surface area contributed by atoms with Gasteiger partial charge in [-0.05, 0) is 51.0 Å². The van der Waals surface area contributed by atoms with Crippen LogP contribution in [0.1, 0.15) is 50.7 Å². The van der Waals surface area contributed by atoms with Gasteiger partial charge in [-0.25, -0.2) is 0 Å². The molecule has 0 bridgehead atoms. The Hall–Kier alpha value is -2.98. The molecule has 12 heteroatoms. The van der Waals surface area contributed by atoms with Crippen LogP contribution in [0.3, 0.4) is 0 Å². The van der Waals surface area contributed by atoms with E-state index in [1.54, 1.807) is 21.0 Å². The molecular formula is C39H48O12. The largest absolute Gasteiger partial charge is 0.497 e. The van der Waals surface area contributed by atoms with Gasteiger partial charge in [0.1, 0.15) is 48.5 Å². The summed E-state index contributed by atoms with van der Waals surface area (Å²) in [5, 5.41) is 11.8. The summed E-state index contributed by atoms with van der Waals surface area (Å²) in [6.45, 7) is 8.15. The Labute approximate surface area is 298 Å². The fraction of sp³-hybridized carbons (Fsp3) is 0.538. The molecule has 4 heterocycles. The summed E-state index contributed by atoms with van der Waals surface area (Å²) < 4.78 is 68.8. The predicted octanol–water partition coefficient (Wildman–Crippen LogP) is 5.01. The first-order chi connectivity index (χ1) is 24.6. The number of aliphatic hydroxyl groups excluding tert-OH is 1. The number of hydrogen-bond acceptors (Lipinski definition) is 12. The highest BCUT2D eigenvalue weighted by Gasteiger charge is 2.56. The van der Waals surface area contributed by atoms with Crippen molar-refractivity contribution in [1.82, 2.24) is 0 Å². The summed E-state index contributed by atoms with van der Waals surface area (Å²) in [5.41, 5.74) is 2.74. The zero-order valence-corrected chi connectivity index (χ0v) is 29.6. The van der Waals surface area contributed by atoms with E-state index in [-0.39, 0.29) is 26.4 Å². The van der Waals surface area contributed by atoms with Gasteiger partial charge in [-0.3, -0.25) is 0 Å². The van der Waals surface area contributed by atoms with Gasteiger partial charge in [0.2, 0.25) is 0 Å². The number of methoxy groups -OCH3 is 1. The van der Waals surface area contributed by atoms with Gasteiger partial charge in [0, 0.05) is 5.56 Å². The number of fused-ring (bicyclic) bond motifs is 1. The van der Waals surface area contributed by atoms with Crippen LogP contribution in [0.4, 0.5) is 0 Å². The van der Waals surface area contributed by atoms with Crippen molar-refractivity contribution in [2.45, 2.75) is 114 Å². The molecule has 10 atom stereocenters. The highest BCUT2D eigenvalue weighted by atomic mass is 16.8. The van der Waals surface area contributed by atoms with Crippen LogP contribution < -0.4 is 4.74 Å². The molecule has 0 saturated carbocycles. The van der Waals surface area contributed by atoms with Crippen molar-refractivity contribution < 1.29 is 57.2 Å². The van der Waals surface area contributed by atoms with Crippen molar-refractivity contribution in [3.05, 3.63) is 102 Å². The molecule has 3 aromatic carbocycles. The first-order valence-corrected chi connectivity index (χ1v) is 17.5. The first-order valence-electron chi connectivity index (χ1n) is 17.5. The molecule has 0 aromatic heterocycles. The smallest absolute Gasteiger partial charge is 0.190 e. The molecule has 0 amide bonds. The lowest BCUT2D eigenvalue weighted by molar-refractivity contribution is -0.391. The zero-order chi connectivity index (χ0) is 35.6. The molecule has 4 saturated heterocycles. The average Bonchev–Trinajstić information content (AvgIpc) is 3.68. The van der Waals surface area contributed by atoms with Crippen LogP contribution in [0.15, 0.2) is 84.9 Å². The highest BCUT2D eigenvalue weighted by Crippen LogP contribution is 2.40. The summed E-state index contributed by atoms with van der Waals surface area (Å²) in [5.74, 6) is -1.09. The van der Waals surface area contributed by atoms with Crippen LogP contribution in [-0.2, 0) is 60.6 Å². The molecule has 4 aliphatic heterocycles. The van der Waals surface area contributed by atoms with Gasteiger partial charge in [0.25, 0.3) is 0 Å². The maximum absolute atomic E-state index is 11.8. The predicted molar refractivity (Wildman–Crippen MR) is 181 cm³/mol. The molecule has 0 spiro atoms. The Morgan fingerprint density at radius 1 is 0.706 bits per heavy atom. The summed E-state index contributed by atoms with van der Waals surface area (Å²) >= 11 is 0. The molecule has 7 rings (SSSR count). The van der Waals surface area contributed by atoms with Crippen molar-refractivity contribution in [3.63, 3.8) is 0 Å². The standard InChI is InChI=1S/C39H48O12/c1-38(2)45-23-29(49-38)31-33(51-39(3,4)50-31)35(40)48-37-34(43-21-25-16-18-27(41-5)19-17-25)32(42-20-24-12-8-6-9-13-24)30-28(46-37)22-44-36(47-30)26-14-10-7-11-15-26/h6-19,28-37,40H,20-23H2,1-5H3/t28-,29+,30-,31+,32+,33+,34+,35?,36?,37+/m1/s1. The number of rotatable bonds is 12. The Bertz CT molecular complexity index is 1540. The zero-order valence-electron chi connectivity index (χ0n) is 29.6. The fourth-order valence-corrected chi connectivity index (χ4v) is 6.90. The van der Waals surface area contributed by atoms with Gasteiger partial charge < -0.3 is 57.2 Å². The molecule has 4 aliphatic rings. The maximum atomic E-state index is 11.8. The molecule has 0 radical (unpaired) electrons. The first kappa shape index (κ1) is 36.4. The number of benzene rings is 3. The highest BCUT2D eigenvalue weighted by molar-refractivity contribution is 5.26. The van der Waals surface area contributed by atoms with E-state index >= 15 is 0 Å². The van der Waals surface area contributed by atoms with Crippen molar-refractivity contribution in [1.29, 1.82) is 0 Å². The molecule has 1 N–H and O–H groups in total. The second-order valence-corrected chi connectivity index (χ2v) is 14.1. The number of aliphatic hydroxyl groups is 1. The molecule has 0 aliphatic carbocycles. The molecule has 2 unspecified atom stereocenters. The van der Waals surface area contributed by atoms with Gasteiger partial charge in [-0.2, -0.15) is 0 Å². The lowest BCUT2D eigenvalue weighted by Gasteiger charge is -2.49. The lowest BCUT2D eigenvalue weighted by atomic mass is 9.96. The molecule has 3 aromatic rings. The summed E-state index contributed by atoms with van der Waals surface area (Å²) in [4.78, 5) is 0. The van der Waals surface area contributed by atoms with Gasteiger partial charge in [-0.15, -0.1) is 0 Å². The molecule has 276 valence electrons. The van der Waals surface area contributed by atoms with E-state index in [9.17, 15) is 5.11 Å². The van der Waals surface area contributed by atoms with Crippen molar-refractivity contribution >= 4 is 0 Å². The third kappa shape index (κ3) is 8.64. The quantitative estimate of drug-likeness (QED) is 0.255. The van der Waals surface area contributed by atoms with Crippen molar-refractivity contribution in [3.8, 4) is 5.75 Å². The number of ether oxygens (including phenoxy) is 11. The van der Waals surface area contributed by atoms with Gasteiger partial charge in [0.15, 0.2) is 30.4 Å². The van der Waals surface area contributed by atoms with Crippen LogP contribution in [-0.4, -0.2) is 92.3 Å². The van der Waals surface area contributed by atoms with Crippen molar-refractivity contribution in [2.75, 3.05) is 20.3 Å². The summed E-state index contributed by atoms with van der Waals surface area (Å²) in [7, 11) is 1.62.